The maximum atomic E-state index is 12.3. The number of rotatable bonds is 3. The zero-order valence-corrected chi connectivity index (χ0v) is 13.6. The molecule has 2 aliphatic rings. The number of aromatic amines is 1. The van der Waals surface area contributed by atoms with Gasteiger partial charge in [-0.25, -0.2) is 13.4 Å². The molecule has 0 radical (unpaired) electrons. The first-order valence-electron chi connectivity index (χ1n) is 7.84. The predicted octanol–water partition coefficient (Wildman–Crippen LogP) is 0.292. The predicted molar refractivity (Wildman–Crippen MR) is 83.0 cm³/mol. The Morgan fingerprint density at radius 2 is 2.18 bits per heavy atom. The fourth-order valence-corrected chi connectivity index (χ4v) is 4.16. The molecule has 0 amide bonds. The van der Waals surface area contributed by atoms with E-state index >= 15 is 0 Å². The average molecular weight is 326 g/mol. The number of hydrogen-bond donors (Lipinski definition) is 2. The highest BCUT2D eigenvalue weighted by Gasteiger charge is 2.29. The SMILES string of the molecule is CCS(=O)(=O)N1CCc2c(nc([C@@H]3CCCCN3)[nH]c2=O)C1. The van der Waals surface area contributed by atoms with Gasteiger partial charge in [-0.2, -0.15) is 4.31 Å². The van der Waals surface area contributed by atoms with Crippen molar-refractivity contribution >= 4 is 10.0 Å². The highest BCUT2D eigenvalue weighted by Crippen LogP contribution is 2.22. The van der Waals surface area contributed by atoms with Crippen molar-refractivity contribution in [3.8, 4) is 0 Å². The van der Waals surface area contributed by atoms with Crippen LogP contribution in [0.25, 0.3) is 0 Å². The molecule has 2 aliphatic heterocycles. The monoisotopic (exact) mass is 326 g/mol. The van der Waals surface area contributed by atoms with Crippen LogP contribution in [-0.4, -0.2) is 41.5 Å². The third-order valence-corrected chi connectivity index (χ3v) is 6.28. The molecule has 0 saturated carbocycles. The third-order valence-electron chi connectivity index (χ3n) is 4.46. The van der Waals surface area contributed by atoms with Gasteiger partial charge in [0, 0.05) is 12.1 Å². The molecule has 1 fully saturated rings. The molecular formula is C14H22N4O3S. The van der Waals surface area contributed by atoms with E-state index in [1.807, 2.05) is 0 Å². The Morgan fingerprint density at radius 1 is 1.36 bits per heavy atom. The normalized spacial score (nSPS) is 23.2. The van der Waals surface area contributed by atoms with Gasteiger partial charge in [-0.15, -0.1) is 0 Å². The number of piperidine rings is 1. The molecule has 3 heterocycles. The molecule has 2 N–H and O–H groups in total. The summed E-state index contributed by atoms with van der Waals surface area (Å²) in [5.41, 5.74) is 1.11. The molecule has 0 aliphatic carbocycles. The molecule has 3 rings (SSSR count). The molecular weight excluding hydrogens is 304 g/mol. The molecule has 7 nitrogen and oxygen atoms in total. The van der Waals surface area contributed by atoms with Crippen molar-refractivity contribution in [1.82, 2.24) is 19.6 Å². The Kier molecular flexibility index (Phi) is 4.33. The summed E-state index contributed by atoms with van der Waals surface area (Å²) in [5.74, 6) is 0.710. The quantitative estimate of drug-likeness (QED) is 0.832. The number of fused-ring (bicyclic) bond motifs is 1. The second kappa shape index (κ2) is 6.10. The number of nitrogens with zero attached hydrogens (tertiary/aromatic N) is 2. The molecule has 1 aromatic rings. The highest BCUT2D eigenvalue weighted by atomic mass is 32.2. The van der Waals surface area contributed by atoms with E-state index in [1.165, 1.54) is 4.31 Å². The topological polar surface area (TPSA) is 95.2 Å². The van der Waals surface area contributed by atoms with Gasteiger partial charge in [0.1, 0.15) is 5.82 Å². The van der Waals surface area contributed by atoms with Crippen LogP contribution in [0, 0.1) is 0 Å². The number of H-pyrrole nitrogens is 1. The zero-order valence-electron chi connectivity index (χ0n) is 12.8. The van der Waals surface area contributed by atoms with Gasteiger partial charge in [0.25, 0.3) is 5.56 Å². The van der Waals surface area contributed by atoms with Crippen molar-refractivity contribution in [2.75, 3.05) is 18.8 Å². The summed E-state index contributed by atoms with van der Waals surface area (Å²) in [6.07, 6.45) is 3.61. The van der Waals surface area contributed by atoms with Crippen molar-refractivity contribution in [3.05, 3.63) is 27.4 Å². The van der Waals surface area contributed by atoms with Crippen molar-refractivity contribution in [2.24, 2.45) is 0 Å². The third kappa shape index (κ3) is 2.95. The standard InChI is InChI=1S/C14H22N4O3S/c1-2-22(20,21)18-8-6-10-12(9-18)16-13(17-14(10)19)11-5-3-4-7-15-11/h11,15H,2-9H2,1H3,(H,16,17,19)/t11-/m0/s1. The van der Waals surface area contributed by atoms with E-state index in [0.29, 0.717) is 30.0 Å². The molecule has 1 atom stereocenters. The molecule has 1 aromatic heterocycles. The van der Waals surface area contributed by atoms with Crippen LogP contribution >= 0.6 is 0 Å². The maximum Gasteiger partial charge on any atom is 0.254 e. The van der Waals surface area contributed by atoms with Crippen LogP contribution in [0.3, 0.4) is 0 Å². The summed E-state index contributed by atoms with van der Waals surface area (Å²) in [5, 5.41) is 3.36. The van der Waals surface area contributed by atoms with Gasteiger partial charge >= 0.3 is 0 Å². The van der Waals surface area contributed by atoms with Gasteiger partial charge in [-0.3, -0.25) is 4.79 Å². The first-order valence-corrected chi connectivity index (χ1v) is 9.45. The summed E-state index contributed by atoms with van der Waals surface area (Å²) in [7, 11) is -3.25. The molecule has 0 unspecified atom stereocenters. The van der Waals surface area contributed by atoms with Crippen LogP contribution in [0.4, 0.5) is 0 Å². The van der Waals surface area contributed by atoms with Crippen molar-refractivity contribution in [2.45, 2.75) is 45.2 Å². The van der Waals surface area contributed by atoms with Crippen LogP contribution in [0.15, 0.2) is 4.79 Å². The lowest BCUT2D eigenvalue weighted by molar-refractivity contribution is 0.371. The van der Waals surface area contributed by atoms with Gasteiger partial charge in [-0.1, -0.05) is 6.42 Å². The van der Waals surface area contributed by atoms with E-state index in [0.717, 1.165) is 25.8 Å². The van der Waals surface area contributed by atoms with E-state index < -0.39 is 10.0 Å². The second-order valence-electron chi connectivity index (χ2n) is 5.86. The van der Waals surface area contributed by atoms with Gasteiger partial charge in [0.2, 0.25) is 10.0 Å². The lowest BCUT2D eigenvalue weighted by atomic mass is 10.0. The van der Waals surface area contributed by atoms with Crippen LogP contribution in [-0.2, 0) is 23.0 Å². The molecule has 0 aromatic carbocycles. The highest BCUT2D eigenvalue weighted by molar-refractivity contribution is 7.89. The van der Waals surface area contributed by atoms with Crippen LogP contribution < -0.4 is 10.9 Å². The van der Waals surface area contributed by atoms with Crippen LogP contribution in [0.1, 0.15) is 49.3 Å². The summed E-state index contributed by atoms with van der Waals surface area (Å²) in [6, 6.07) is 0.0601. The first-order chi connectivity index (χ1) is 10.5. The van der Waals surface area contributed by atoms with E-state index in [2.05, 4.69) is 15.3 Å². The second-order valence-corrected chi connectivity index (χ2v) is 8.12. The molecule has 22 heavy (non-hydrogen) atoms. The summed E-state index contributed by atoms with van der Waals surface area (Å²) in [6.45, 7) is 3.11. The van der Waals surface area contributed by atoms with E-state index in [9.17, 15) is 13.2 Å². The van der Waals surface area contributed by atoms with Gasteiger partial charge in [0.15, 0.2) is 0 Å². The van der Waals surface area contributed by atoms with E-state index in [-0.39, 0.29) is 23.9 Å². The van der Waals surface area contributed by atoms with Gasteiger partial charge in [0.05, 0.1) is 24.0 Å². The number of hydrogen-bond acceptors (Lipinski definition) is 5. The Morgan fingerprint density at radius 3 is 2.86 bits per heavy atom. The molecule has 0 bridgehead atoms. The lowest BCUT2D eigenvalue weighted by Crippen LogP contribution is -2.40. The molecule has 1 saturated heterocycles. The minimum Gasteiger partial charge on any atom is -0.309 e. The summed E-state index contributed by atoms with van der Waals surface area (Å²) < 4.78 is 25.5. The maximum absolute atomic E-state index is 12.3. The van der Waals surface area contributed by atoms with Crippen molar-refractivity contribution < 1.29 is 8.42 Å². The average Bonchev–Trinajstić information content (AvgIpc) is 2.55. The fraction of sp³-hybridized carbons (Fsp3) is 0.714. The summed E-state index contributed by atoms with van der Waals surface area (Å²) in [4.78, 5) is 19.7. The van der Waals surface area contributed by atoms with E-state index in [4.69, 9.17) is 0 Å². The number of aromatic nitrogens is 2. The van der Waals surface area contributed by atoms with Gasteiger partial charge in [-0.05, 0) is 32.7 Å². The fourth-order valence-electron chi connectivity index (χ4n) is 3.11. The smallest absolute Gasteiger partial charge is 0.254 e. The molecule has 8 heteroatoms. The van der Waals surface area contributed by atoms with E-state index in [1.54, 1.807) is 6.92 Å². The number of sulfonamides is 1. The van der Waals surface area contributed by atoms with Crippen LogP contribution in [0.2, 0.25) is 0 Å². The Labute approximate surface area is 130 Å². The first kappa shape index (κ1) is 15.6. The molecule has 122 valence electrons. The summed E-state index contributed by atoms with van der Waals surface area (Å²) >= 11 is 0. The molecule has 0 spiro atoms. The zero-order chi connectivity index (χ0) is 15.7. The van der Waals surface area contributed by atoms with Crippen LogP contribution in [0.5, 0.6) is 0 Å². The van der Waals surface area contributed by atoms with Crippen molar-refractivity contribution in [1.29, 1.82) is 0 Å². The van der Waals surface area contributed by atoms with Crippen molar-refractivity contribution in [3.63, 3.8) is 0 Å². The van der Waals surface area contributed by atoms with Gasteiger partial charge < -0.3 is 10.3 Å². The largest absolute Gasteiger partial charge is 0.309 e. The Hall–Kier alpha value is -1.25. The number of nitrogens with one attached hydrogen (secondary N) is 2. The minimum atomic E-state index is -3.25. The Balaban J connectivity index is 1.92. The minimum absolute atomic E-state index is 0.0601. The lowest BCUT2D eigenvalue weighted by Gasteiger charge is -2.28. The Bertz CT molecular complexity index is 707.